The molecule has 2 aromatic rings. The largest absolute Gasteiger partial charge is 0.293 e. The molecule has 82 valence electrons. The van der Waals surface area contributed by atoms with Gasteiger partial charge in [0.25, 0.3) is 0 Å². The van der Waals surface area contributed by atoms with E-state index in [9.17, 15) is 4.79 Å². The summed E-state index contributed by atoms with van der Waals surface area (Å²) in [6.45, 7) is 2.10. The van der Waals surface area contributed by atoms with Gasteiger partial charge in [0.1, 0.15) is 0 Å². The molecule has 0 amide bonds. The maximum absolute atomic E-state index is 11.7. The molecule has 0 spiro atoms. The molecule has 0 aliphatic heterocycles. The SMILES string of the molecule is CCc1ccc2cccc(C(=O)CCl)c2c1. The third-order valence-electron chi connectivity index (χ3n) is 2.78. The highest BCUT2D eigenvalue weighted by atomic mass is 35.5. The Labute approximate surface area is 100 Å². The van der Waals surface area contributed by atoms with Crippen molar-refractivity contribution >= 4 is 28.2 Å². The second-order valence-electron chi connectivity index (χ2n) is 3.77. The minimum absolute atomic E-state index is 0.0134. The van der Waals surface area contributed by atoms with Crippen LogP contribution in [0.15, 0.2) is 36.4 Å². The van der Waals surface area contributed by atoms with Crippen LogP contribution >= 0.6 is 11.6 Å². The fraction of sp³-hybridized carbons (Fsp3) is 0.214. The molecule has 0 heterocycles. The molecule has 1 nitrogen and oxygen atoms in total. The fourth-order valence-electron chi connectivity index (χ4n) is 1.85. The van der Waals surface area contributed by atoms with Gasteiger partial charge in [0.05, 0.1) is 5.88 Å². The smallest absolute Gasteiger partial charge is 0.178 e. The van der Waals surface area contributed by atoms with Gasteiger partial charge in [-0.3, -0.25) is 4.79 Å². The van der Waals surface area contributed by atoms with Crippen molar-refractivity contribution in [1.29, 1.82) is 0 Å². The van der Waals surface area contributed by atoms with Crippen molar-refractivity contribution < 1.29 is 4.79 Å². The van der Waals surface area contributed by atoms with Crippen molar-refractivity contribution in [3.8, 4) is 0 Å². The number of ketones is 1. The molecule has 16 heavy (non-hydrogen) atoms. The number of alkyl halides is 1. The van der Waals surface area contributed by atoms with E-state index in [4.69, 9.17) is 11.6 Å². The van der Waals surface area contributed by atoms with Crippen molar-refractivity contribution in [2.45, 2.75) is 13.3 Å². The highest BCUT2D eigenvalue weighted by Crippen LogP contribution is 2.21. The Bertz CT molecular complexity index is 531. The maximum Gasteiger partial charge on any atom is 0.178 e. The molecule has 2 heteroatoms. The molecule has 2 rings (SSSR count). The fourth-order valence-corrected chi connectivity index (χ4v) is 2.00. The predicted octanol–water partition coefficient (Wildman–Crippen LogP) is 3.82. The predicted molar refractivity (Wildman–Crippen MR) is 68.4 cm³/mol. The number of rotatable bonds is 3. The van der Waals surface area contributed by atoms with Crippen LogP contribution in [0.5, 0.6) is 0 Å². The summed E-state index contributed by atoms with van der Waals surface area (Å²) in [7, 11) is 0. The number of fused-ring (bicyclic) bond motifs is 1. The first-order valence-corrected chi connectivity index (χ1v) is 5.90. The molecule has 0 aliphatic carbocycles. The molecule has 2 aromatic carbocycles. The lowest BCUT2D eigenvalue weighted by atomic mass is 9.99. The molecule has 0 N–H and O–H groups in total. The third-order valence-corrected chi connectivity index (χ3v) is 3.02. The van der Waals surface area contributed by atoms with E-state index >= 15 is 0 Å². The summed E-state index contributed by atoms with van der Waals surface area (Å²) in [6.07, 6.45) is 0.972. The first-order valence-electron chi connectivity index (χ1n) is 5.37. The van der Waals surface area contributed by atoms with Crippen molar-refractivity contribution in [3.63, 3.8) is 0 Å². The number of carbonyl (C=O) groups excluding carboxylic acids is 1. The van der Waals surface area contributed by atoms with Crippen LogP contribution in [0.3, 0.4) is 0 Å². The van der Waals surface area contributed by atoms with Gasteiger partial charge in [-0.05, 0) is 22.8 Å². The average Bonchev–Trinajstić information content (AvgIpc) is 2.36. The number of hydrogen-bond donors (Lipinski definition) is 0. The van der Waals surface area contributed by atoms with E-state index in [0.717, 1.165) is 22.8 Å². The van der Waals surface area contributed by atoms with E-state index in [2.05, 4.69) is 25.1 Å². The van der Waals surface area contributed by atoms with Gasteiger partial charge in [-0.1, -0.05) is 43.3 Å². The highest BCUT2D eigenvalue weighted by molar-refractivity contribution is 6.31. The number of hydrogen-bond acceptors (Lipinski definition) is 1. The standard InChI is InChI=1S/C14H13ClO/c1-2-10-6-7-11-4-3-5-12(13(11)8-10)14(16)9-15/h3-8H,2,9H2,1H3. The van der Waals surface area contributed by atoms with E-state index in [1.54, 1.807) is 0 Å². The number of benzene rings is 2. The van der Waals surface area contributed by atoms with Crippen LogP contribution < -0.4 is 0 Å². The summed E-state index contributed by atoms with van der Waals surface area (Å²) < 4.78 is 0. The zero-order valence-corrected chi connectivity index (χ0v) is 9.92. The van der Waals surface area contributed by atoms with E-state index in [1.807, 2.05) is 18.2 Å². The van der Waals surface area contributed by atoms with E-state index in [-0.39, 0.29) is 11.7 Å². The van der Waals surface area contributed by atoms with E-state index < -0.39 is 0 Å². The second-order valence-corrected chi connectivity index (χ2v) is 4.04. The third kappa shape index (κ3) is 1.96. The monoisotopic (exact) mass is 232 g/mol. The molecule has 0 saturated heterocycles. The van der Waals surface area contributed by atoms with Crippen molar-refractivity contribution in [1.82, 2.24) is 0 Å². The maximum atomic E-state index is 11.7. The summed E-state index contributed by atoms with van der Waals surface area (Å²) in [5.74, 6) is 0.0238. The summed E-state index contributed by atoms with van der Waals surface area (Å²) >= 11 is 5.61. The number of carbonyl (C=O) groups is 1. The van der Waals surface area contributed by atoms with Gasteiger partial charge in [-0.2, -0.15) is 0 Å². The molecule has 0 atom stereocenters. The summed E-state index contributed by atoms with van der Waals surface area (Å²) in [5.41, 5.74) is 1.96. The van der Waals surface area contributed by atoms with Crippen LogP contribution in [0, 0.1) is 0 Å². The molecule has 0 aliphatic rings. The highest BCUT2D eigenvalue weighted by Gasteiger charge is 2.08. The summed E-state index contributed by atoms with van der Waals surface area (Å²) in [5, 5.41) is 2.10. The van der Waals surface area contributed by atoms with Crippen LogP contribution in [-0.4, -0.2) is 11.7 Å². The number of aryl methyl sites for hydroxylation is 1. The van der Waals surface area contributed by atoms with Crippen LogP contribution in [0.4, 0.5) is 0 Å². The Hall–Kier alpha value is -1.34. The van der Waals surface area contributed by atoms with E-state index in [0.29, 0.717) is 0 Å². The van der Waals surface area contributed by atoms with Crippen LogP contribution in [-0.2, 0) is 6.42 Å². The molecule has 0 bridgehead atoms. The lowest BCUT2D eigenvalue weighted by Crippen LogP contribution is -2.01. The zero-order chi connectivity index (χ0) is 11.5. The molecule has 0 fully saturated rings. The topological polar surface area (TPSA) is 17.1 Å². The molecule has 0 aromatic heterocycles. The number of Topliss-reactive ketones (excluding diaryl/α,β-unsaturated/α-hetero) is 1. The minimum Gasteiger partial charge on any atom is -0.293 e. The molecule has 0 unspecified atom stereocenters. The van der Waals surface area contributed by atoms with Crippen LogP contribution in [0.1, 0.15) is 22.8 Å². The van der Waals surface area contributed by atoms with Gasteiger partial charge in [-0.15, -0.1) is 11.6 Å². The lowest BCUT2D eigenvalue weighted by Gasteiger charge is -2.06. The Balaban J connectivity index is 2.68. The van der Waals surface area contributed by atoms with Crippen molar-refractivity contribution in [2.75, 3.05) is 5.88 Å². The van der Waals surface area contributed by atoms with Crippen LogP contribution in [0.2, 0.25) is 0 Å². The second kappa shape index (κ2) is 4.67. The Morgan fingerprint density at radius 2 is 2.06 bits per heavy atom. The first kappa shape index (κ1) is 11.2. The van der Waals surface area contributed by atoms with E-state index in [1.165, 1.54) is 5.56 Å². The normalized spacial score (nSPS) is 10.6. The summed E-state index contributed by atoms with van der Waals surface area (Å²) in [4.78, 5) is 11.7. The molecule has 0 saturated carbocycles. The average molecular weight is 233 g/mol. The Morgan fingerprint density at radius 3 is 2.75 bits per heavy atom. The molecular formula is C14H13ClO. The van der Waals surface area contributed by atoms with Gasteiger partial charge in [0, 0.05) is 5.56 Å². The zero-order valence-electron chi connectivity index (χ0n) is 9.16. The minimum atomic E-state index is -0.0134. The Kier molecular flexibility index (Phi) is 3.25. The first-order chi connectivity index (χ1) is 7.76. The van der Waals surface area contributed by atoms with Gasteiger partial charge in [0.2, 0.25) is 0 Å². The van der Waals surface area contributed by atoms with Gasteiger partial charge < -0.3 is 0 Å². The number of halogens is 1. The quantitative estimate of drug-likeness (QED) is 0.581. The Morgan fingerprint density at radius 1 is 1.25 bits per heavy atom. The van der Waals surface area contributed by atoms with Crippen molar-refractivity contribution in [2.24, 2.45) is 0 Å². The molecule has 0 radical (unpaired) electrons. The lowest BCUT2D eigenvalue weighted by molar-refractivity contribution is 0.102. The molecular weight excluding hydrogens is 220 g/mol. The van der Waals surface area contributed by atoms with Crippen LogP contribution in [0.25, 0.3) is 10.8 Å². The van der Waals surface area contributed by atoms with Gasteiger partial charge >= 0.3 is 0 Å². The van der Waals surface area contributed by atoms with Crippen molar-refractivity contribution in [3.05, 3.63) is 47.5 Å². The van der Waals surface area contributed by atoms with Gasteiger partial charge in [-0.25, -0.2) is 0 Å². The summed E-state index contributed by atoms with van der Waals surface area (Å²) in [6, 6.07) is 12.0. The van der Waals surface area contributed by atoms with Gasteiger partial charge in [0.15, 0.2) is 5.78 Å².